The fourth-order valence-electron chi connectivity index (χ4n) is 3.87. The Morgan fingerprint density at radius 2 is 1.57 bits per heavy atom. The number of carbonyl (C=O) groups is 1. The smallest absolute Gasteiger partial charge is 0.334 e. The first-order valence-corrected chi connectivity index (χ1v) is 12.2. The van der Waals surface area contributed by atoms with E-state index in [0.29, 0.717) is 5.75 Å². The minimum absolute atomic E-state index is 0.0810. The number of aryl methyl sites for hydroxylation is 1. The highest BCUT2D eigenvalue weighted by Gasteiger charge is 2.10. The van der Waals surface area contributed by atoms with E-state index in [1.807, 2.05) is 24.3 Å². The first kappa shape index (κ1) is 26.0. The van der Waals surface area contributed by atoms with Crippen molar-refractivity contribution >= 4 is 5.97 Å². The van der Waals surface area contributed by atoms with Gasteiger partial charge in [-0.2, -0.15) is 0 Å². The number of carbonyl (C=O) groups excluding carboxylic acids is 1. The number of benzene rings is 3. The van der Waals surface area contributed by atoms with Crippen LogP contribution in [0.1, 0.15) is 38.2 Å². The lowest BCUT2D eigenvalue weighted by molar-refractivity contribution is -0.139. The minimum atomic E-state index is -0.492. The van der Waals surface area contributed by atoms with Gasteiger partial charge >= 0.3 is 5.97 Å². The Labute approximate surface area is 208 Å². The molecular formula is C30H35NO4. The zero-order valence-corrected chi connectivity index (χ0v) is 20.5. The number of hydrogen-bond donors (Lipinski definition) is 2. The monoisotopic (exact) mass is 473 g/mol. The van der Waals surface area contributed by atoms with Crippen molar-refractivity contribution in [3.63, 3.8) is 0 Å². The quantitative estimate of drug-likeness (QED) is 0.173. The maximum atomic E-state index is 11.6. The minimum Gasteiger partial charge on any atom is -0.508 e. The van der Waals surface area contributed by atoms with Gasteiger partial charge in [0.1, 0.15) is 24.7 Å². The van der Waals surface area contributed by atoms with E-state index in [-0.39, 0.29) is 31.1 Å². The normalized spacial score (nSPS) is 10.7. The molecule has 0 amide bonds. The van der Waals surface area contributed by atoms with Crippen LogP contribution in [0.3, 0.4) is 0 Å². The van der Waals surface area contributed by atoms with Gasteiger partial charge in [-0.05, 0) is 64.9 Å². The summed E-state index contributed by atoms with van der Waals surface area (Å²) in [6.45, 7) is 6.26. The highest BCUT2D eigenvalue weighted by molar-refractivity contribution is 5.88. The third-order valence-corrected chi connectivity index (χ3v) is 5.89. The van der Waals surface area contributed by atoms with Gasteiger partial charge < -0.3 is 20.3 Å². The average Bonchev–Trinajstić information content (AvgIpc) is 2.89. The second-order valence-corrected chi connectivity index (χ2v) is 8.55. The van der Waals surface area contributed by atoms with Crippen LogP contribution in [-0.4, -0.2) is 30.8 Å². The Morgan fingerprint density at radius 3 is 2.26 bits per heavy atom. The zero-order chi connectivity index (χ0) is 25.0. The molecule has 184 valence electrons. The lowest BCUT2D eigenvalue weighted by Crippen LogP contribution is -2.17. The molecule has 0 spiro atoms. The van der Waals surface area contributed by atoms with E-state index < -0.39 is 5.97 Å². The number of phenols is 1. The predicted molar refractivity (Wildman–Crippen MR) is 141 cm³/mol. The highest BCUT2D eigenvalue weighted by atomic mass is 16.6. The molecule has 0 saturated heterocycles. The number of phenolic OH excluding ortho intramolecular Hbond substituents is 1. The van der Waals surface area contributed by atoms with Gasteiger partial charge in [-0.15, -0.1) is 0 Å². The SMILES string of the molecule is C=C(CN)C(=O)OCCOc1ccc(-c2ccc(-c3ccc(O)cc3)cc2CCCCCC)cc1. The molecule has 35 heavy (non-hydrogen) atoms. The Balaban J connectivity index is 1.71. The van der Waals surface area contributed by atoms with Gasteiger partial charge in [0, 0.05) is 12.1 Å². The van der Waals surface area contributed by atoms with Gasteiger partial charge in [-0.1, -0.05) is 75.2 Å². The second kappa shape index (κ2) is 13.4. The topological polar surface area (TPSA) is 81.8 Å². The van der Waals surface area contributed by atoms with Crippen LogP contribution in [0.25, 0.3) is 22.3 Å². The summed E-state index contributed by atoms with van der Waals surface area (Å²) in [4.78, 5) is 11.6. The first-order valence-electron chi connectivity index (χ1n) is 12.2. The predicted octanol–water partition coefficient (Wildman–Crippen LogP) is 6.29. The standard InChI is InChI=1S/C30H35NO4/c1-3-4-5-6-7-26-20-25(23-8-13-27(32)14-9-23)12-17-29(26)24-10-15-28(16-11-24)34-18-19-35-30(33)22(2)21-31/h8-17,20,32H,2-7,18-19,21,31H2,1H3. The van der Waals surface area contributed by atoms with Crippen molar-refractivity contribution in [1.29, 1.82) is 0 Å². The largest absolute Gasteiger partial charge is 0.508 e. The van der Waals surface area contributed by atoms with Crippen LogP contribution < -0.4 is 10.5 Å². The van der Waals surface area contributed by atoms with Gasteiger partial charge in [0.15, 0.2) is 0 Å². The number of hydrogen-bond acceptors (Lipinski definition) is 5. The summed E-state index contributed by atoms with van der Waals surface area (Å²) in [6, 6.07) is 21.9. The molecule has 0 aromatic heterocycles. The molecule has 5 heteroatoms. The lowest BCUT2D eigenvalue weighted by atomic mass is 9.92. The van der Waals surface area contributed by atoms with Crippen molar-refractivity contribution in [3.05, 3.63) is 84.4 Å². The summed E-state index contributed by atoms with van der Waals surface area (Å²) < 4.78 is 10.8. The van der Waals surface area contributed by atoms with Gasteiger partial charge in [-0.25, -0.2) is 4.79 Å². The number of unbranched alkanes of at least 4 members (excludes halogenated alkanes) is 3. The van der Waals surface area contributed by atoms with Crippen LogP contribution in [0.15, 0.2) is 78.9 Å². The molecule has 0 unspecified atom stereocenters. The van der Waals surface area contributed by atoms with E-state index in [2.05, 4.69) is 43.8 Å². The number of ether oxygens (including phenoxy) is 2. The Morgan fingerprint density at radius 1 is 0.886 bits per heavy atom. The number of aromatic hydroxyl groups is 1. The third-order valence-electron chi connectivity index (χ3n) is 5.89. The molecule has 0 radical (unpaired) electrons. The first-order chi connectivity index (χ1) is 17.0. The van der Waals surface area contributed by atoms with Crippen LogP contribution in [0.5, 0.6) is 11.5 Å². The van der Waals surface area contributed by atoms with E-state index >= 15 is 0 Å². The fourth-order valence-corrected chi connectivity index (χ4v) is 3.87. The molecule has 0 aliphatic rings. The van der Waals surface area contributed by atoms with Gasteiger partial charge in [-0.3, -0.25) is 0 Å². The summed E-state index contributed by atoms with van der Waals surface area (Å²) in [5.74, 6) is 0.493. The molecule has 0 saturated carbocycles. The van der Waals surface area contributed by atoms with E-state index in [9.17, 15) is 9.90 Å². The van der Waals surface area contributed by atoms with E-state index in [1.165, 1.54) is 30.4 Å². The molecule has 0 fully saturated rings. The molecule has 0 atom stereocenters. The van der Waals surface area contributed by atoms with Crippen LogP contribution in [0, 0.1) is 0 Å². The third kappa shape index (κ3) is 7.72. The summed E-state index contributed by atoms with van der Waals surface area (Å²) in [5, 5.41) is 9.62. The van der Waals surface area contributed by atoms with Crippen LogP contribution in [0.4, 0.5) is 0 Å². The van der Waals surface area contributed by atoms with Crippen LogP contribution in [0.2, 0.25) is 0 Å². The lowest BCUT2D eigenvalue weighted by Gasteiger charge is -2.14. The van der Waals surface area contributed by atoms with Crippen molar-refractivity contribution in [2.45, 2.75) is 39.0 Å². The van der Waals surface area contributed by atoms with Crippen molar-refractivity contribution in [3.8, 4) is 33.8 Å². The summed E-state index contributed by atoms with van der Waals surface area (Å²) in [7, 11) is 0. The summed E-state index contributed by atoms with van der Waals surface area (Å²) in [5.41, 5.74) is 11.5. The van der Waals surface area contributed by atoms with Gasteiger partial charge in [0.05, 0.1) is 0 Å². The molecule has 3 aromatic rings. The van der Waals surface area contributed by atoms with Crippen LogP contribution in [-0.2, 0) is 16.0 Å². The maximum Gasteiger partial charge on any atom is 0.334 e. The molecule has 3 N–H and O–H groups in total. The maximum absolute atomic E-state index is 11.6. The van der Waals surface area contributed by atoms with Crippen molar-refractivity contribution in [1.82, 2.24) is 0 Å². The highest BCUT2D eigenvalue weighted by Crippen LogP contribution is 2.32. The molecular weight excluding hydrogens is 438 g/mol. The molecule has 3 aromatic carbocycles. The molecule has 0 bridgehead atoms. The Kier molecular flexibility index (Phi) is 9.93. The molecule has 0 aliphatic carbocycles. The molecule has 0 aliphatic heterocycles. The van der Waals surface area contributed by atoms with Gasteiger partial charge in [0.25, 0.3) is 0 Å². The van der Waals surface area contributed by atoms with Gasteiger partial charge in [0.2, 0.25) is 0 Å². The second-order valence-electron chi connectivity index (χ2n) is 8.55. The zero-order valence-electron chi connectivity index (χ0n) is 20.5. The summed E-state index contributed by atoms with van der Waals surface area (Å²) in [6.07, 6.45) is 5.84. The molecule has 0 heterocycles. The van der Waals surface area contributed by atoms with Crippen molar-refractivity contribution < 1.29 is 19.4 Å². The molecule has 5 nitrogen and oxygen atoms in total. The van der Waals surface area contributed by atoms with Crippen LogP contribution >= 0.6 is 0 Å². The molecule has 3 rings (SSSR count). The number of esters is 1. The average molecular weight is 474 g/mol. The fraction of sp³-hybridized carbons (Fsp3) is 0.300. The van der Waals surface area contributed by atoms with E-state index in [0.717, 1.165) is 29.5 Å². The van der Waals surface area contributed by atoms with E-state index in [4.69, 9.17) is 15.2 Å². The van der Waals surface area contributed by atoms with E-state index in [1.54, 1.807) is 12.1 Å². The van der Waals surface area contributed by atoms with Crippen molar-refractivity contribution in [2.24, 2.45) is 5.73 Å². The number of nitrogens with two attached hydrogens (primary N) is 1. The van der Waals surface area contributed by atoms with Crippen molar-refractivity contribution in [2.75, 3.05) is 19.8 Å². The summed E-state index contributed by atoms with van der Waals surface area (Å²) >= 11 is 0. The Bertz CT molecular complexity index is 1100. The number of rotatable bonds is 13. The Hall–Kier alpha value is -3.57.